The molecule has 1 fully saturated rings. The van der Waals surface area contributed by atoms with Crippen molar-refractivity contribution >= 4 is 12.1 Å². The summed E-state index contributed by atoms with van der Waals surface area (Å²) in [6.07, 6.45) is -0.490. The number of rotatable bonds is 5. The number of methoxy groups -OCH3 is 1. The van der Waals surface area contributed by atoms with Gasteiger partial charge in [-0.15, -0.1) is 0 Å². The molecule has 6 nitrogen and oxygen atoms in total. The zero-order valence-corrected chi connectivity index (χ0v) is 14.5. The fraction of sp³-hybridized carbons (Fsp3) is 0.300. The van der Waals surface area contributed by atoms with Gasteiger partial charge in [-0.3, -0.25) is 4.79 Å². The zero-order chi connectivity index (χ0) is 18.5. The lowest BCUT2D eigenvalue weighted by Gasteiger charge is -2.16. The van der Waals surface area contributed by atoms with E-state index in [0.717, 1.165) is 11.1 Å². The molecule has 6 heteroatoms. The summed E-state index contributed by atoms with van der Waals surface area (Å²) in [5, 5.41) is 9.55. The van der Waals surface area contributed by atoms with Crippen molar-refractivity contribution in [2.24, 2.45) is 5.92 Å². The molecule has 0 saturated carbocycles. The minimum atomic E-state index is -0.913. The van der Waals surface area contributed by atoms with Gasteiger partial charge in [0.25, 0.3) is 0 Å². The van der Waals surface area contributed by atoms with Crippen LogP contribution < -0.4 is 4.74 Å². The lowest BCUT2D eigenvalue weighted by molar-refractivity contribution is -0.141. The number of benzene rings is 2. The van der Waals surface area contributed by atoms with Gasteiger partial charge in [-0.1, -0.05) is 42.5 Å². The quantitative estimate of drug-likeness (QED) is 0.892. The van der Waals surface area contributed by atoms with Crippen LogP contribution in [-0.4, -0.2) is 42.3 Å². The van der Waals surface area contributed by atoms with Gasteiger partial charge in [0.15, 0.2) is 0 Å². The van der Waals surface area contributed by atoms with Crippen LogP contribution in [0.25, 0.3) is 0 Å². The number of carbonyl (C=O) groups is 2. The molecule has 0 unspecified atom stereocenters. The van der Waals surface area contributed by atoms with Crippen molar-refractivity contribution in [3.63, 3.8) is 0 Å². The van der Waals surface area contributed by atoms with E-state index in [1.807, 2.05) is 42.5 Å². The second-order valence-electron chi connectivity index (χ2n) is 6.27. The highest BCUT2D eigenvalue weighted by Crippen LogP contribution is 2.34. The van der Waals surface area contributed by atoms with Gasteiger partial charge in [0, 0.05) is 19.0 Å². The van der Waals surface area contributed by atoms with Gasteiger partial charge >= 0.3 is 12.1 Å². The lowest BCUT2D eigenvalue weighted by atomic mass is 9.89. The van der Waals surface area contributed by atoms with Gasteiger partial charge in [-0.05, 0) is 23.3 Å². The Kier molecular flexibility index (Phi) is 5.41. The summed E-state index contributed by atoms with van der Waals surface area (Å²) in [5.74, 6) is -1.14. The summed E-state index contributed by atoms with van der Waals surface area (Å²) in [4.78, 5) is 25.5. The number of carbonyl (C=O) groups excluding carboxylic acids is 1. The largest absolute Gasteiger partial charge is 0.497 e. The maximum absolute atomic E-state index is 12.4. The molecule has 0 radical (unpaired) electrons. The Balaban J connectivity index is 1.67. The molecule has 1 amide bonds. The predicted octanol–water partition coefficient (Wildman–Crippen LogP) is 3.13. The molecule has 26 heavy (non-hydrogen) atoms. The Morgan fingerprint density at radius 3 is 2.38 bits per heavy atom. The number of amides is 1. The summed E-state index contributed by atoms with van der Waals surface area (Å²) < 4.78 is 10.5. The minimum absolute atomic E-state index is 0.139. The number of likely N-dealkylation sites (tertiary alicyclic amines) is 1. The minimum Gasteiger partial charge on any atom is -0.497 e. The van der Waals surface area contributed by atoms with Crippen LogP contribution in [0, 0.1) is 5.92 Å². The third-order valence-electron chi connectivity index (χ3n) is 4.64. The molecule has 2 aromatic rings. The summed E-state index contributed by atoms with van der Waals surface area (Å²) in [6.45, 7) is 0.623. The molecular formula is C20H21NO5. The van der Waals surface area contributed by atoms with E-state index in [9.17, 15) is 14.7 Å². The van der Waals surface area contributed by atoms with E-state index in [1.165, 1.54) is 4.90 Å². The molecule has 0 aliphatic carbocycles. The molecule has 3 rings (SSSR count). The van der Waals surface area contributed by atoms with E-state index >= 15 is 0 Å². The molecule has 1 N–H and O–H groups in total. The first-order chi connectivity index (χ1) is 12.6. The number of aliphatic carboxylic acids is 1. The molecule has 0 bridgehead atoms. The SMILES string of the molecule is COc1ccc([C@@H]2CN(C(=O)OCc3ccccc3)C[C@H]2C(=O)O)cc1. The van der Waals surface area contributed by atoms with Crippen molar-refractivity contribution in [1.82, 2.24) is 4.90 Å². The molecule has 0 spiro atoms. The van der Waals surface area contributed by atoms with E-state index in [2.05, 4.69) is 0 Å². The van der Waals surface area contributed by atoms with Crippen LogP contribution in [0.1, 0.15) is 17.0 Å². The van der Waals surface area contributed by atoms with Gasteiger partial charge in [-0.25, -0.2) is 4.79 Å². The number of carboxylic acids is 1. The third-order valence-corrected chi connectivity index (χ3v) is 4.64. The van der Waals surface area contributed by atoms with Crippen LogP contribution >= 0.6 is 0 Å². The van der Waals surface area contributed by atoms with Crippen LogP contribution in [0.5, 0.6) is 5.75 Å². The van der Waals surface area contributed by atoms with Crippen LogP contribution in [0.4, 0.5) is 4.79 Å². The Bertz CT molecular complexity index is 760. The highest BCUT2D eigenvalue weighted by molar-refractivity contribution is 5.75. The first-order valence-corrected chi connectivity index (χ1v) is 8.41. The molecule has 1 saturated heterocycles. The zero-order valence-electron chi connectivity index (χ0n) is 14.5. The van der Waals surface area contributed by atoms with Gasteiger partial charge in [-0.2, -0.15) is 0 Å². The molecule has 136 valence electrons. The molecule has 1 heterocycles. The number of nitrogens with zero attached hydrogens (tertiary/aromatic N) is 1. The topological polar surface area (TPSA) is 76.1 Å². The van der Waals surface area contributed by atoms with Crippen molar-refractivity contribution in [2.45, 2.75) is 12.5 Å². The van der Waals surface area contributed by atoms with Crippen molar-refractivity contribution < 1.29 is 24.2 Å². The average Bonchev–Trinajstić information content (AvgIpc) is 3.13. The van der Waals surface area contributed by atoms with E-state index < -0.39 is 18.0 Å². The Labute approximate surface area is 152 Å². The first-order valence-electron chi connectivity index (χ1n) is 8.41. The van der Waals surface area contributed by atoms with Crippen molar-refractivity contribution in [3.05, 3.63) is 65.7 Å². The molecule has 0 aromatic heterocycles. The molecule has 2 aromatic carbocycles. The fourth-order valence-electron chi connectivity index (χ4n) is 3.20. The van der Waals surface area contributed by atoms with Crippen LogP contribution in [0.15, 0.2) is 54.6 Å². The third kappa shape index (κ3) is 3.96. The second-order valence-corrected chi connectivity index (χ2v) is 6.27. The fourth-order valence-corrected chi connectivity index (χ4v) is 3.20. The van der Waals surface area contributed by atoms with Crippen LogP contribution in [-0.2, 0) is 16.1 Å². The Morgan fingerprint density at radius 1 is 1.08 bits per heavy atom. The highest BCUT2D eigenvalue weighted by Gasteiger charge is 2.41. The standard InChI is InChI=1S/C20H21NO5/c1-25-16-9-7-15(8-10-16)17-11-21(12-18(17)19(22)23)20(24)26-13-14-5-3-2-4-6-14/h2-10,17-18H,11-13H2,1H3,(H,22,23)/t17-,18+/m0/s1. The van der Waals surface area contributed by atoms with Gasteiger partial charge in [0.1, 0.15) is 12.4 Å². The average molecular weight is 355 g/mol. The van der Waals surface area contributed by atoms with Gasteiger partial charge in [0.05, 0.1) is 13.0 Å². The van der Waals surface area contributed by atoms with E-state index in [0.29, 0.717) is 12.3 Å². The summed E-state index contributed by atoms with van der Waals surface area (Å²) >= 11 is 0. The molecular weight excluding hydrogens is 334 g/mol. The molecule has 1 aliphatic heterocycles. The lowest BCUT2D eigenvalue weighted by Crippen LogP contribution is -2.30. The van der Waals surface area contributed by atoms with E-state index in [1.54, 1.807) is 19.2 Å². The number of ether oxygens (including phenoxy) is 2. The molecule has 2 atom stereocenters. The summed E-state index contributed by atoms with van der Waals surface area (Å²) in [6, 6.07) is 16.7. The van der Waals surface area contributed by atoms with E-state index in [4.69, 9.17) is 9.47 Å². The van der Waals surface area contributed by atoms with Crippen molar-refractivity contribution in [1.29, 1.82) is 0 Å². The summed E-state index contributed by atoms with van der Waals surface area (Å²) in [7, 11) is 1.58. The first kappa shape index (κ1) is 17.8. The van der Waals surface area contributed by atoms with E-state index in [-0.39, 0.29) is 19.1 Å². The Hall–Kier alpha value is -3.02. The van der Waals surface area contributed by atoms with Crippen molar-refractivity contribution in [2.75, 3.05) is 20.2 Å². The van der Waals surface area contributed by atoms with Crippen molar-refractivity contribution in [3.8, 4) is 5.75 Å². The number of hydrogen-bond donors (Lipinski definition) is 1. The van der Waals surface area contributed by atoms with Crippen LogP contribution in [0.2, 0.25) is 0 Å². The number of hydrogen-bond acceptors (Lipinski definition) is 4. The number of carboxylic acid groups (broad SMARTS) is 1. The summed E-state index contributed by atoms with van der Waals surface area (Å²) in [5.41, 5.74) is 1.76. The normalized spacial score (nSPS) is 19.2. The monoisotopic (exact) mass is 355 g/mol. The van der Waals surface area contributed by atoms with Gasteiger partial charge < -0.3 is 19.5 Å². The highest BCUT2D eigenvalue weighted by atomic mass is 16.6. The second kappa shape index (κ2) is 7.91. The maximum atomic E-state index is 12.4. The molecule has 1 aliphatic rings. The Morgan fingerprint density at radius 2 is 1.77 bits per heavy atom. The van der Waals surface area contributed by atoms with Crippen LogP contribution in [0.3, 0.4) is 0 Å². The predicted molar refractivity (Wildman–Crippen MR) is 95.1 cm³/mol. The maximum Gasteiger partial charge on any atom is 0.410 e. The van der Waals surface area contributed by atoms with Gasteiger partial charge in [0.2, 0.25) is 0 Å². The smallest absolute Gasteiger partial charge is 0.410 e.